The lowest BCUT2D eigenvalue weighted by molar-refractivity contribution is -0.125. The quantitative estimate of drug-likeness (QED) is 0.472. The predicted molar refractivity (Wildman–Crippen MR) is 160 cm³/mol. The Kier molecular flexibility index (Phi) is 10.2. The van der Waals surface area contributed by atoms with E-state index in [2.05, 4.69) is 60.4 Å². The Morgan fingerprint density at radius 2 is 1.73 bits per heavy atom. The first kappa shape index (κ1) is 28.3. The maximum atomic E-state index is 13.3. The van der Waals surface area contributed by atoms with Gasteiger partial charge in [-0.3, -0.25) is 19.6 Å². The Labute approximate surface area is 238 Å². The van der Waals surface area contributed by atoms with Crippen LogP contribution in [0.15, 0.2) is 55.0 Å². The van der Waals surface area contributed by atoms with E-state index in [1.165, 1.54) is 11.1 Å². The summed E-state index contributed by atoms with van der Waals surface area (Å²) in [7, 11) is 0. The molecule has 0 spiro atoms. The van der Waals surface area contributed by atoms with Gasteiger partial charge in [-0.15, -0.1) is 0 Å². The highest BCUT2D eigenvalue weighted by Gasteiger charge is 2.28. The summed E-state index contributed by atoms with van der Waals surface area (Å²) in [6.07, 6.45) is 12.9. The summed E-state index contributed by atoms with van der Waals surface area (Å²) < 4.78 is 0. The molecule has 1 aromatic carbocycles. The first-order chi connectivity index (χ1) is 19.7. The molecule has 8 heteroatoms. The van der Waals surface area contributed by atoms with Gasteiger partial charge in [-0.25, -0.2) is 9.97 Å². The van der Waals surface area contributed by atoms with E-state index in [1.54, 1.807) is 0 Å². The Bertz CT molecular complexity index is 1220. The Morgan fingerprint density at radius 1 is 0.900 bits per heavy atom. The molecule has 1 saturated heterocycles. The first-order valence-electron chi connectivity index (χ1n) is 15.0. The van der Waals surface area contributed by atoms with Crippen LogP contribution in [0.4, 0.5) is 5.95 Å². The second-order valence-corrected chi connectivity index (χ2v) is 11.1. The van der Waals surface area contributed by atoms with Gasteiger partial charge in [0.15, 0.2) is 0 Å². The SMILES string of the molecule is NCCCCC1C(=O)CCCCCNc2ncc(cn2)-c2ccnc(c2)Cc2cccc(c2)CN2CCN1CC2. The van der Waals surface area contributed by atoms with Crippen molar-refractivity contribution in [3.8, 4) is 11.1 Å². The summed E-state index contributed by atoms with van der Waals surface area (Å²) in [5, 5.41) is 3.33. The monoisotopic (exact) mass is 541 g/mol. The number of hydrogen-bond acceptors (Lipinski definition) is 8. The third-order valence-electron chi connectivity index (χ3n) is 8.12. The fraction of sp³-hybridized carbons (Fsp3) is 0.500. The molecule has 3 aromatic rings. The molecule has 7 heterocycles. The van der Waals surface area contributed by atoms with E-state index in [4.69, 9.17) is 5.73 Å². The zero-order valence-corrected chi connectivity index (χ0v) is 23.6. The van der Waals surface area contributed by atoms with E-state index in [9.17, 15) is 4.79 Å². The molecule has 8 nitrogen and oxygen atoms in total. The molecular weight excluding hydrogens is 498 g/mol. The number of anilines is 1. The number of nitrogens with zero attached hydrogens (tertiary/aromatic N) is 5. The first-order valence-corrected chi connectivity index (χ1v) is 15.0. The van der Waals surface area contributed by atoms with Gasteiger partial charge in [-0.2, -0.15) is 0 Å². The largest absolute Gasteiger partial charge is 0.354 e. The second kappa shape index (κ2) is 14.4. The van der Waals surface area contributed by atoms with E-state index >= 15 is 0 Å². The molecule has 40 heavy (non-hydrogen) atoms. The summed E-state index contributed by atoms with van der Waals surface area (Å²) in [6.45, 7) is 6.28. The summed E-state index contributed by atoms with van der Waals surface area (Å²) in [4.78, 5) is 32.0. The third kappa shape index (κ3) is 7.93. The summed E-state index contributed by atoms with van der Waals surface area (Å²) in [5.41, 5.74) is 11.4. The van der Waals surface area contributed by atoms with Crippen molar-refractivity contribution in [2.75, 3.05) is 44.6 Å². The highest BCUT2D eigenvalue weighted by Crippen LogP contribution is 2.22. The van der Waals surface area contributed by atoms with Gasteiger partial charge in [0.25, 0.3) is 0 Å². The number of nitrogens with one attached hydrogen (secondary N) is 1. The summed E-state index contributed by atoms with van der Waals surface area (Å²) >= 11 is 0. The zero-order chi connectivity index (χ0) is 27.6. The van der Waals surface area contributed by atoms with Crippen molar-refractivity contribution in [2.45, 2.75) is 64.0 Å². The van der Waals surface area contributed by atoms with Crippen LogP contribution >= 0.6 is 0 Å². The van der Waals surface area contributed by atoms with Gasteiger partial charge in [-0.05, 0) is 61.1 Å². The third-order valence-corrected chi connectivity index (χ3v) is 8.12. The number of Topliss-reactive ketones (excluding diaryl/α,β-unsaturated/α-hetero) is 1. The number of hydrogen-bond donors (Lipinski definition) is 2. The molecule has 0 aliphatic carbocycles. The van der Waals surface area contributed by atoms with Gasteiger partial charge in [0.1, 0.15) is 5.78 Å². The number of carbonyl (C=O) groups is 1. The number of aromatic nitrogens is 3. The van der Waals surface area contributed by atoms with Gasteiger partial charge < -0.3 is 11.1 Å². The van der Waals surface area contributed by atoms with Crippen molar-refractivity contribution in [1.82, 2.24) is 24.8 Å². The molecule has 212 valence electrons. The van der Waals surface area contributed by atoms with Crippen LogP contribution in [0.25, 0.3) is 11.1 Å². The van der Waals surface area contributed by atoms with Crippen LogP contribution in [-0.4, -0.2) is 75.8 Å². The van der Waals surface area contributed by atoms with Gasteiger partial charge in [-0.1, -0.05) is 37.1 Å². The molecule has 3 N–H and O–H groups in total. The lowest BCUT2D eigenvalue weighted by Crippen LogP contribution is -2.52. The maximum absolute atomic E-state index is 13.3. The molecule has 5 aliphatic rings. The van der Waals surface area contributed by atoms with Crippen molar-refractivity contribution in [3.63, 3.8) is 0 Å². The molecule has 1 fully saturated rings. The number of nitrogens with two attached hydrogens (primary N) is 1. The fourth-order valence-electron chi connectivity index (χ4n) is 5.86. The van der Waals surface area contributed by atoms with Crippen molar-refractivity contribution in [3.05, 3.63) is 71.8 Å². The van der Waals surface area contributed by atoms with Gasteiger partial charge >= 0.3 is 0 Å². The Morgan fingerprint density at radius 3 is 2.55 bits per heavy atom. The molecule has 0 saturated carbocycles. The van der Waals surface area contributed by atoms with E-state index in [0.29, 0.717) is 24.7 Å². The molecular formula is C32H43N7O. The van der Waals surface area contributed by atoms with Gasteiger partial charge in [0.05, 0.1) is 6.04 Å². The number of unbranched alkanes of at least 4 members (excludes halogenated alkanes) is 1. The minimum Gasteiger partial charge on any atom is -0.354 e. The predicted octanol–water partition coefficient (Wildman–Crippen LogP) is 4.30. The highest BCUT2D eigenvalue weighted by atomic mass is 16.1. The normalized spacial score (nSPS) is 22.4. The van der Waals surface area contributed by atoms with Crippen LogP contribution in [0, 0.1) is 0 Å². The van der Waals surface area contributed by atoms with E-state index in [-0.39, 0.29) is 6.04 Å². The fourth-order valence-corrected chi connectivity index (χ4v) is 5.86. The van der Waals surface area contributed by atoms with Crippen molar-refractivity contribution in [2.24, 2.45) is 5.73 Å². The van der Waals surface area contributed by atoms with E-state index in [0.717, 1.165) is 101 Å². The average Bonchev–Trinajstić information content (AvgIpc) is 2.98. The summed E-state index contributed by atoms with van der Waals surface area (Å²) in [6, 6.07) is 13.0. The molecule has 5 aliphatic heterocycles. The Hall–Kier alpha value is -3.20. The van der Waals surface area contributed by atoms with E-state index < -0.39 is 0 Å². The molecule has 8 rings (SSSR count). The number of ketones is 1. The van der Waals surface area contributed by atoms with Gasteiger partial charge in [0.2, 0.25) is 5.95 Å². The number of rotatable bonds is 4. The lowest BCUT2D eigenvalue weighted by atomic mass is 9.98. The number of benzene rings is 1. The maximum Gasteiger partial charge on any atom is 0.222 e. The number of piperazine rings is 1. The highest BCUT2D eigenvalue weighted by molar-refractivity contribution is 5.84. The molecule has 0 radical (unpaired) electrons. The van der Waals surface area contributed by atoms with Crippen LogP contribution in [0.3, 0.4) is 0 Å². The minimum atomic E-state index is 0.0240. The molecule has 1 atom stereocenters. The smallest absolute Gasteiger partial charge is 0.222 e. The van der Waals surface area contributed by atoms with Crippen LogP contribution < -0.4 is 11.1 Å². The lowest BCUT2D eigenvalue weighted by Gasteiger charge is -2.39. The average molecular weight is 542 g/mol. The van der Waals surface area contributed by atoms with E-state index in [1.807, 2.05) is 24.7 Å². The second-order valence-electron chi connectivity index (χ2n) is 11.1. The van der Waals surface area contributed by atoms with Gasteiger partial charge in [0, 0.05) is 82.0 Å². The molecule has 8 bridgehead atoms. The van der Waals surface area contributed by atoms with Crippen LogP contribution in [-0.2, 0) is 17.8 Å². The minimum absolute atomic E-state index is 0.0240. The van der Waals surface area contributed by atoms with Crippen LogP contribution in [0.1, 0.15) is 61.8 Å². The number of pyridine rings is 1. The van der Waals surface area contributed by atoms with Crippen LogP contribution in [0.5, 0.6) is 0 Å². The van der Waals surface area contributed by atoms with Crippen molar-refractivity contribution >= 4 is 11.7 Å². The topological polar surface area (TPSA) is 100 Å². The standard InChI is InChI=1S/C32H43N7O/c33-12-4-3-9-30-31(40)10-2-1-5-13-35-32-36-22-28(23-37-32)27-11-14-34-29(21-27)20-25-7-6-8-26(19-25)24-38-15-17-39(30)18-16-38/h6-8,11,14,19,21-23,30H,1-5,9-10,12-13,15-18,20,24,33H2,(H,35,36,37). The molecule has 2 aromatic heterocycles. The van der Waals surface area contributed by atoms with Crippen molar-refractivity contribution in [1.29, 1.82) is 0 Å². The van der Waals surface area contributed by atoms with Crippen molar-refractivity contribution < 1.29 is 4.79 Å². The Balaban J connectivity index is 1.32. The van der Waals surface area contributed by atoms with Crippen LogP contribution in [0.2, 0.25) is 0 Å². The number of carbonyl (C=O) groups excluding carboxylic acids is 1. The molecule has 1 unspecified atom stereocenters. The summed E-state index contributed by atoms with van der Waals surface area (Å²) in [5.74, 6) is 1.04. The zero-order valence-electron chi connectivity index (χ0n) is 23.6. The molecule has 0 amide bonds.